The predicted molar refractivity (Wildman–Crippen MR) is 85.2 cm³/mol. The van der Waals surface area contributed by atoms with Crippen LogP contribution in [-0.2, 0) is 13.0 Å². The SMILES string of the molecule is Cc1nc2n(n1)CCN(C(=O)c1cnco1)[C@H]2Cc1ccccc1. The first-order valence-corrected chi connectivity index (χ1v) is 7.87. The number of aryl methyl sites for hydroxylation is 1. The van der Waals surface area contributed by atoms with E-state index in [4.69, 9.17) is 4.42 Å². The number of carbonyl (C=O) groups is 1. The Labute approximate surface area is 138 Å². The standard InChI is InChI=1S/C17H17N5O2/c1-12-19-16-14(9-13-5-3-2-4-6-13)21(7-8-22(16)20-12)17(23)15-10-18-11-24-15/h2-6,10-11,14H,7-9H2,1H3/t14-/m0/s1. The van der Waals surface area contributed by atoms with Gasteiger partial charge in [-0.1, -0.05) is 30.3 Å². The molecule has 0 unspecified atom stereocenters. The maximum absolute atomic E-state index is 12.8. The zero-order valence-corrected chi connectivity index (χ0v) is 13.3. The highest BCUT2D eigenvalue weighted by Gasteiger charge is 2.35. The van der Waals surface area contributed by atoms with E-state index in [9.17, 15) is 4.79 Å². The number of nitrogens with zero attached hydrogens (tertiary/aromatic N) is 5. The minimum atomic E-state index is -0.181. The average Bonchev–Trinajstić information content (AvgIpc) is 3.24. The van der Waals surface area contributed by atoms with E-state index in [-0.39, 0.29) is 17.7 Å². The minimum absolute atomic E-state index is 0.166. The third-order valence-electron chi connectivity index (χ3n) is 4.21. The maximum atomic E-state index is 12.8. The molecule has 1 atom stereocenters. The lowest BCUT2D eigenvalue weighted by Crippen LogP contribution is -2.43. The summed E-state index contributed by atoms with van der Waals surface area (Å²) in [6.07, 6.45) is 3.40. The summed E-state index contributed by atoms with van der Waals surface area (Å²) >= 11 is 0. The van der Waals surface area contributed by atoms with Crippen LogP contribution in [0.5, 0.6) is 0 Å². The van der Waals surface area contributed by atoms with Gasteiger partial charge in [0.25, 0.3) is 5.91 Å². The van der Waals surface area contributed by atoms with Gasteiger partial charge < -0.3 is 9.32 Å². The van der Waals surface area contributed by atoms with Crippen molar-refractivity contribution in [1.82, 2.24) is 24.6 Å². The molecule has 1 aliphatic heterocycles. The summed E-state index contributed by atoms with van der Waals surface area (Å²) in [5.74, 6) is 1.62. The van der Waals surface area contributed by atoms with Crippen LogP contribution in [0.25, 0.3) is 0 Å². The van der Waals surface area contributed by atoms with Crippen molar-refractivity contribution in [2.75, 3.05) is 6.54 Å². The van der Waals surface area contributed by atoms with Crippen LogP contribution in [0.15, 0.2) is 47.3 Å². The Kier molecular flexibility index (Phi) is 3.60. The molecule has 3 heterocycles. The molecule has 0 saturated carbocycles. The Bertz CT molecular complexity index is 841. The van der Waals surface area contributed by atoms with Gasteiger partial charge in [-0.15, -0.1) is 0 Å². The van der Waals surface area contributed by atoms with Gasteiger partial charge in [0.1, 0.15) is 11.6 Å². The fraction of sp³-hybridized carbons (Fsp3) is 0.294. The van der Waals surface area contributed by atoms with Gasteiger partial charge >= 0.3 is 0 Å². The Morgan fingerprint density at radius 3 is 2.88 bits per heavy atom. The van der Waals surface area contributed by atoms with Gasteiger partial charge in [-0.3, -0.25) is 4.79 Å². The van der Waals surface area contributed by atoms with Crippen LogP contribution >= 0.6 is 0 Å². The van der Waals surface area contributed by atoms with Gasteiger partial charge in [0, 0.05) is 13.0 Å². The number of rotatable bonds is 3. The topological polar surface area (TPSA) is 77.1 Å². The fourth-order valence-corrected chi connectivity index (χ4v) is 3.13. The minimum Gasteiger partial charge on any atom is -0.438 e. The predicted octanol–water partition coefficient (Wildman–Crippen LogP) is 2.01. The normalized spacial score (nSPS) is 16.9. The van der Waals surface area contributed by atoms with E-state index in [1.807, 2.05) is 29.8 Å². The summed E-state index contributed by atoms with van der Waals surface area (Å²) in [6, 6.07) is 9.90. The van der Waals surface area contributed by atoms with Crippen molar-refractivity contribution >= 4 is 5.91 Å². The number of fused-ring (bicyclic) bond motifs is 1. The number of amides is 1. The lowest BCUT2D eigenvalue weighted by Gasteiger charge is -2.34. The van der Waals surface area contributed by atoms with E-state index in [2.05, 4.69) is 27.2 Å². The largest absolute Gasteiger partial charge is 0.438 e. The van der Waals surface area contributed by atoms with Crippen LogP contribution in [0.1, 0.15) is 33.8 Å². The van der Waals surface area contributed by atoms with Crippen LogP contribution < -0.4 is 0 Å². The molecule has 1 aromatic carbocycles. The number of hydrogen-bond acceptors (Lipinski definition) is 5. The Morgan fingerprint density at radius 2 is 2.12 bits per heavy atom. The second kappa shape index (κ2) is 5.92. The van der Waals surface area contributed by atoms with E-state index in [0.717, 1.165) is 17.2 Å². The molecule has 122 valence electrons. The quantitative estimate of drug-likeness (QED) is 0.737. The molecule has 0 saturated heterocycles. The zero-order valence-electron chi connectivity index (χ0n) is 13.3. The van der Waals surface area contributed by atoms with Crippen LogP contribution in [0.2, 0.25) is 0 Å². The monoisotopic (exact) mass is 323 g/mol. The lowest BCUT2D eigenvalue weighted by molar-refractivity contribution is 0.0576. The van der Waals surface area contributed by atoms with Gasteiger partial charge in [0.15, 0.2) is 6.39 Å². The van der Waals surface area contributed by atoms with E-state index >= 15 is 0 Å². The molecule has 3 aromatic rings. The van der Waals surface area contributed by atoms with E-state index in [0.29, 0.717) is 19.5 Å². The summed E-state index contributed by atoms with van der Waals surface area (Å²) in [6.45, 7) is 3.06. The van der Waals surface area contributed by atoms with Gasteiger partial charge in [-0.25, -0.2) is 14.6 Å². The highest BCUT2D eigenvalue weighted by atomic mass is 16.3. The number of aromatic nitrogens is 4. The molecule has 0 aliphatic carbocycles. The molecule has 0 fully saturated rings. The van der Waals surface area contributed by atoms with Gasteiger partial charge in [-0.2, -0.15) is 5.10 Å². The second-order valence-corrected chi connectivity index (χ2v) is 5.81. The van der Waals surface area contributed by atoms with E-state index in [1.165, 1.54) is 12.6 Å². The van der Waals surface area contributed by atoms with Crippen LogP contribution in [0.4, 0.5) is 0 Å². The molecule has 0 radical (unpaired) electrons. The summed E-state index contributed by atoms with van der Waals surface area (Å²) < 4.78 is 7.09. The third kappa shape index (κ3) is 2.58. The molecule has 0 N–H and O–H groups in total. The van der Waals surface area contributed by atoms with Gasteiger partial charge in [-0.05, 0) is 12.5 Å². The van der Waals surface area contributed by atoms with Crippen molar-refractivity contribution in [2.24, 2.45) is 0 Å². The Balaban J connectivity index is 1.71. The molecule has 0 spiro atoms. The molecule has 4 rings (SSSR count). The molecule has 2 aromatic heterocycles. The number of hydrogen-bond donors (Lipinski definition) is 0. The van der Waals surface area contributed by atoms with Crippen LogP contribution in [-0.4, -0.2) is 37.1 Å². The van der Waals surface area contributed by atoms with Gasteiger partial charge in [0.2, 0.25) is 5.76 Å². The molecule has 7 heteroatoms. The van der Waals surface area contributed by atoms with Crippen molar-refractivity contribution in [2.45, 2.75) is 25.9 Å². The molecule has 7 nitrogen and oxygen atoms in total. The van der Waals surface area contributed by atoms with E-state index < -0.39 is 0 Å². The molecule has 24 heavy (non-hydrogen) atoms. The smallest absolute Gasteiger partial charge is 0.291 e. The first-order chi connectivity index (χ1) is 11.7. The Morgan fingerprint density at radius 1 is 1.29 bits per heavy atom. The third-order valence-corrected chi connectivity index (χ3v) is 4.21. The summed E-state index contributed by atoms with van der Waals surface area (Å²) in [5, 5.41) is 4.43. The van der Waals surface area contributed by atoms with E-state index in [1.54, 1.807) is 4.90 Å². The molecular formula is C17H17N5O2. The molecular weight excluding hydrogens is 306 g/mol. The highest BCUT2D eigenvalue weighted by Crippen LogP contribution is 2.29. The summed E-state index contributed by atoms with van der Waals surface area (Å²) in [4.78, 5) is 23.0. The Hall–Kier alpha value is -2.96. The number of carbonyl (C=O) groups excluding carboxylic acids is 1. The number of benzene rings is 1. The first kappa shape index (κ1) is 14.6. The van der Waals surface area contributed by atoms with Crippen molar-refractivity contribution in [3.05, 3.63) is 65.9 Å². The fourth-order valence-electron chi connectivity index (χ4n) is 3.13. The van der Waals surface area contributed by atoms with Crippen LogP contribution in [0, 0.1) is 6.92 Å². The first-order valence-electron chi connectivity index (χ1n) is 7.87. The van der Waals surface area contributed by atoms with Crippen molar-refractivity contribution in [1.29, 1.82) is 0 Å². The molecule has 1 amide bonds. The van der Waals surface area contributed by atoms with Crippen molar-refractivity contribution < 1.29 is 9.21 Å². The van der Waals surface area contributed by atoms with Crippen molar-refractivity contribution in [3.63, 3.8) is 0 Å². The van der Waals surface area contributed by atoms with Crippen LogP contribution in [0.3, 0.4) is 0 Å². The summed E-state index contributed by atoms with van der Waals surface area (Å²) in [5.41, 5.74) is 1.15. The number of oxazole rings is 1. The lowest BCUT2D eigenvalue weighted by atomic mass is 10.0. The maximum Gasteiger partial charge on any atom is 0.291 e. The molecule has 0 bridgehead atoms. The van der Waals surface area contributed by atoms with Crippen molar-refractivity contribution in [3.8, 4) is 0 Å². The van der Waals surface area contributed by atoms with Gasteiger partial charge in [0.05, 0.1) is 18.8 Å². The second-order valence-electron chi connectivity index (χ2n) is 5.81. The highest BCUT2D eigenvalue weighted by molar-refractivity contribution is 5.91. The average molecular weight is 323 g/mol. The molecule has 1 aliphatic rings. The summed E-state index contributed by atoms with van der Waals surface area (Å²) in [7, 11) is 0. The zero-order chi connectivity index (χ0) is 16.5.